The molecule has 8 aromatic carbocycles. The summed E-state index contributed by atoms with van der Waals surface area (Å²) in [6.07, 6.45) is 0. The number of benzene rings is 8. The first-order chi connectivity index (χ1) is 28.5. The van der Waals surface area contributed by atoms with E-state index in [-0.39, 0.29) is 16.2 Å². The smallest absolute Gasteiger partial charge is 0.0720 e. The van der Waals surface area contributed by atoms with Crippen molar-refractivity contribution in [3.8, 4) is 33.4 Å². The summed E-state index contributed by atoms with van der Waals surface area (Å²) in [6.45, 7) is 14.3. The number of anilines is 3. The molecule has 12 rings (SSSR count). The van der Waals surface area contributed by atoms with Gasteiger partial charge in [-0.1, -0.05) is 181 Å². The van der Waals surface area contributed by atoms with E-state index in [9.17, 15) is 0 Å². The van der Waals surface area contributed by atoms with E-state index in [1.807, 2.05) is 0 Å². The second-order valence-corrected chi connectivity index (χ2v) is 18.9. The maximum absolute atomic E-state index is 2.54. The fourth-order valence-electron chi connectivity index (χ4n) is 12.1. The molecule has 1 heteroatoms. The van der Waals surface area contributed by atoms with Gasteiger partial charge in [-0.2, -0.15) is 0 Å². The summed E-state index contributed by atoms with van der Waals surface area (Å²) in [5.74, 6) is 0. The molecule has 4 aliphatic carbocycles. The number of rotatable bonds is 3. The van der Waals surface area contributed by atoms with E-state index < -0.39 is 5.41 Å². The van der Waals surface area contributed by atoms with Crippen LogP contribution in [0, 0.1) is 0 Å². The van der Waals surface area contributed by atoms with Gasteiger partial charge < -0.3 is 4.90 Å². The molecule has 0 aliphatic heterocycles. The van der Waals surface area contributed by atoms with Crippen LogP contribution in [-0.2, 0) is 21.7 Å². The zero-order valence-corrected chi connectivity index (χ0v) is 34.7. The molecule has 1 nitrogen and oxygen atoms in total. The third-order valence-corrected chi connectivity index (χ3v) is 14.9. The largest absolute Gasteiger partial charge is 0.310 e. The highest BCUT2D eigenvalue weighted by molar-refractivity contribution is 5.93. The van der Waals surface area contributed by atoms with Crippen molar-refractivity contribution in [3.05, 3.63) is 232 Å². The van der Waals surface area contributed by atoms with Crippen LogP contribution >= 0.6 is 0 Å². The second-order valence-electron chi connectivity index (χ2n) is 18.9. The summed E-state index contributed by atoms with van der Waals surface area (Å²) >= 11 is 0. The molecular weight excluding hydrogens is 711 g/mol. The van der Waals surface area contributed by atoms with Crippen LogP contribution < -0.4 is 4.90 Å². The second kappa shape index (κ2) is 11.6. The number of hydrogen-bond acceptors (Lipinski definition) is 1. The van der Waals surface area contributed by atoms with E-state index in [1.54, 1.807) is 0 Å². The molecule has 284 valence electrons. The number of nitrogens with zero attached hydrogens (tertiary/aromatic N) is 1. The molecule has 0 heterocycles. The minimum absolute atomic E-state index is 0.124. The summed E-state index contributed by atoms with van der Waals surface area (Å²) in [5.41, 5.74) is 24.4. The van der Waals surface area contributed by atoms with Gasteiger partial charge in [0.25, 0.3) is 0 Å². The van der Waals surface area contributed by atoms with Gasteiger partial charge in [0.05, 0.1) is 5.41 Å². The van der Waals surface area contributed by atoms with Gasteiger partial charge in [0, 0.05) is 33.3 Å². The lowest BCUT2D eigenvalue weighted by molar-refractivity contribution is 0.563. The summed E-state index contributed by atoms with van der Waals surface area (Å²) in [6, 6.07) is 67.4. The van der Waals surface area contributed by atoms with Crippen LogP contribution in [0.5, 0.6) is 0 Å². The van der Waals surface area contributed by atoms with Crippen molar-refractivity contribution in [2.45, 2.75) is 63.2 Å². The Labute approximate surface area is 348 Å². The molecule has 0 saturated heterocycles. The van der Waals surface area contributed by atoms with Gasteiger partial charge in [-0.25, -0.2) is 0 Å². The normalized spacial score (nSPS) is 16.8. The Morgan fingerprint density at radius 3 is 0.983 bits per heavy atom. The molecule has 0 aromatic heterocycles. The fourth-order valence-corrected chi connectivity index (χ4v) is 12.1. The van der Waals surface area contributed by atoms with E-state index in [0.717, 1.165) is 5.69 Å². The predicted octanol–water partition coefficient (Wildman–Crippen LogP) is 14.8. The van der Waals surface area contributed by atoms with Crippen molar-refractivity contribution in [2.75, 3.05) is 4.90 Å². The minimum atomic E-state index is -0.473. The van der Waals surface area contributed by atoms with Gasteiger partial charge in [0.2, 0.25) is 0 Å². The Hall–Kier alpha value is -6.44. The molecule has 0 amide bonds. The van der Waals surface area contributed by atoms with Gasteiger partial charge in [-0.15, -0.1) is 0 Å². The molecule has 1 spiro atoms. The van der Waals surface area contributed by atoms with E-state index in [4.69, 9.17) is 0 Å². The van der Waals surface area contributed by atoms with Crippen LogP contribution in [0.4, 0.5) is 17.1 Å². The van der Waals surface area contributed by atoms with Gasteiger partial charge in [0.1, 0.15) is 0 Å². The van der Waals surface area contributed by atoms with Gasteiger partial charge >= 0.3 is 0 Å². The van der Waals surface area contributed by atoms with Gasteiger partial charge in [-0.3, -0.25) is 0 Å². The first kappa shape index (κ1) is 34.6. The van der Waals surface area contributed by atoms with E-state index in [2.05, 4.69) is 222 Å². The monoisotopic (exact) mass is 757 g/mol. The zero-order valence-electron chi connectivity index (χ0n) is 34.7. The van der Waals surface area contributed by atoms with Crippen LogP contribution in [0.3, 0.4) is 0 Å². The predicted molar refractivity (Wildman–Crippen MR) is 246 cm³/mol. The maximum atomic E-state index is 2.54. The average molecular weight is 758 g/mol. The molecule has 0 bridgehead atoms. The standard InChI is InChI=1S/C58H47N/c1-55(2)45-20-10-7-17-39(45)42-30-27-36(33-52(42)55)59(37-28-31-43-40-18-8-11-21-46(40)56(3,4)53(43)34-37)38-29-32-44-41-19-9-12-22-47(41)58(54(44)35-38)50-25-15-13-23-48(50)57(5,6)49-24-14-16-26-51(49)58/h7-35H,1-6H3. The molecule has 0 saturated carbocycles. The third-order valence-electron chi connectivity index (χ3n) is 14.9. The van der Waals surface area contributed by atoms with Crippen LogP contribution in [0.2, 0.25) is 0 Å². The maximum Gasteiger partial charge on any atom is 0.0720 e. The van der Waals surface area contributed by atoms with E-state index in [1.165, 1.54) is 100 Å². The van der Waals surface area contributed by atoms with E-state index >= 15 is 0 Å². The van der Waals surface area contributed by atoms with Crippen molar-refractivity contribution >= 4 is 17.1 Å². The number of fused-ring (bicyclic) bond motifs is 15. The van der Waals surface area contributed by atoms with Crippen LogP contribution in [0.15, 0.2) is 176 Å². The minimum Gasteiger partial charge on any atom is -0.310 e. The highest BCUT2D eigenvalue weighted by Crippen LogP contribution is 2.63. The molecule has 0 fully saturated rings. The zero-order chi connectivity index (χ0) is 40.1. The number of hydrogen-bond donors (Lipinski definition) is 0. The summed E-state index contributed by atoms with van der Waals surface area (Å²) in [5, 5.41) is 0. The fraction of sp³-hybridized carbons (Fsp3) is 0.172. The molecule has 4 aliphatic rings. The van der Waals surface area contributed by atoms with E-state index in [0.29, 0.717) is 0 Å². The molecular formula is C58H47N. The van der Waals surface area contributed by atoms with Gasteiger partial charge in [-0.05, 0) is 125 Å². The van der Waals surface area contributed by atoms with Crippen molar-refractivity contribution in [1.29, 1.82) is 0 Å². The van der Waals surface area contributed by atoms with Crippen molar-refractivity contribution in [2.24, 2.45) is 0 Å². The van der Waals surface area contributed by atoms with Crippen molar-refractivity contribution in [1.82, 2.24) is 0 Å². The summed E-state index contributed by atoms with van der Waals surface area (Å²) < 4.78 is 0. The molecule has 0 atom stereocenters. The SMILES string of the molecule is CC1(C)c2ccccc2-c2ccc(N(c3ccc4c(c3)C(C)(C)c3ccccc3-4)c3ccc4c(c3)C3(c5ccccc5-4)c4ccccc4C(C)(C)c4ccccc43)cc21. The highest BCUT2D eigenvalue weighted by Gasteiger charge is 2.53. The summed E-state index contributed by atoms with van der Waals surface area (Å²) in [7, 11) is 0. The Kier molecular flexibility index (Phi) is 6.80. The van der Waals surface area contributed by atoms with Crippen molar-refractivity contribution < 1.29 is 0 Å². The first-order valence-corrected chi connectivity index (χ1v) is 21.3. The first-order valence-electron chi connectivity index (χ1n) is 21.3. The van der Waals surface area contributed by atoms with Gasteiger partial charge in [0.15, 0.2) is 0 Å². The highest BCUT2D eigenvalue weighted by atomic mass is 15.1. The summed E-state index contributed by atoms with van der Waals surface area (Å²) in [4.78, 5) is 2.54. The third kappa shape index (κ3) is 4.30. The lowest BCUT2D eigenvalue weighted by Gasteiger charge is -2.46. The molecule has 8 aromatic rings. The Morgan fingerprint density at radius 1 is 0.254 bits per heavy atom. The van der Waals surface area contributed by atoms with Crippen LogP contribution in [-0.4, -0.2) is 0 Å². The lowest BCUT2D eigenvalue weighted by Crippen LogP contribution is -2.40. The van der Waals surface area contributed by atoms with Crippen LogP contribution in [0.1, 0.15) is 97.2 Å². The van der Waals surface area contributed by atoms with Crippen molar-refractivity contribution in [3.63, 3.8) is 0 Å². The Morgan fingerprint density at radius 2 is 0.542 bits per heavy atom. The quantitative estimate of drug-likeness (QED) is 0.173. The molecule has 0 radical (unpaired) electrons. The Balaban J connectivity index is 1.14. The van der Waals surface area contributed by atoms with Crippen LogP contribution in [0.25, 0.3) is 33.4 Å². The topological polar surface area (TPSA) is 3.24 Å². The lowest BCUT2D eigenvalue weighted by atomic mass is 9.55. The molecule has 0 unspecified atom stereocenters. The average Bonchev–Trinajstić information content (AvgIpc) is 3.78. The molecule has 59 heavy (non-hydrogen) atoms. The Bertz CT molecular complexity index is 2940. The molecule has 0 N–H and O–H groups in total.